The topological polar surface area (TPSA) is 53.2 Å². The van der Waals surface area contributed by atoms with Crippen molar-refractivity contribution in [3.63, 3.8) is 0 Å². The molecule has 0 aromatic heterocycles. The molecule has 1 N–H and O–H groups in total. The van der Waals surface area contributed by atoms with Gasteiger partial charge in [-0.3, -0.25) is 0 Å². The van der Waals surface area contributed by atoms with Gasteiger partial charge in [0.2, 0.25) is 0 Å². The first-order valence-electron chi connectivity index (χ1n) is 8.70. The van der Waals surface area contributed by atoms with Crippen LogP contribution in [0.2, 0.25) is 0 Å². The normalized spacial score (nSPS) is 44.2. The summed E-state index contributed by atoms with van der Waals surface area (Å²) < 4.78 is 5.88. The first kappa shape index (κ1) is 16.8. The first-order valence-corrected chi connectivity index (χ1v) is 8.70. The molecule has 0 aromatic rings. The average molecular weight is 293 g/mol. The quantitative estimate of drug-likeness (QED) is 0.845. The van der Waals surface area contributed by atoms with E-state index >= 15 is 0 Å². The van der Waals surface area contributed by atoms with E-state index in [-0.39, 0.29) is 5.60 Å². The predicted molar refractivity (Wildman–Crippen MR) is 83.7 cm³/mol. The van der Waals surface area contributed by atoms with Gasteiger partial charge in [0.15, 0.2) is 0 Å². The number of aliphatic hydroxyl groups is 1. The van der Waals surface area contributed by atoms with E-state index in [9.17, 15) is 10.4 Å². The maximum absolute atomic E-state index is 11.3. The molecule has 3 heteroatoms. The van der Waals surface area contributed by atoms with Gasteiger partial charge in [0.25, 0.3) is 0 Å². The standard InChI is InChI=1S/C18H31NO2/c1-4-6-15-7-9-17(14-19,10-8-15)18(20)11-12-21-16(3,5-2)13-18/h15,20H,4-13H2,1-3H3. The highest BCUT2D eigenvalue weighted by molar-refractivity contribution is 5.15. The number of nitriles is 1. The van der Waals surface area contributed by atoms with Crippen molar-refractivity contribution in [3.05, 3.63) is 0 Å². The van der Waals surface area contributed by atoms with Gasteiger partial charge in [-0.25, -0.2) is 0 Å². The van der Waals surface area contributed by atoms with Crippen LogP contribution < -0.4 is 0 Å². The zero-order chi connectivity index (χ0) is 15.6. The minimum absolute atomic E-state index is 0.281. The average Bonchev–Trinajstić information content (AvgIpc) is 2.48. The molecule has 21 heavy (non-hydrogen) atoms. The summed E-state index contributed by atoms with van der Waals surface area (Å²) in [6.45, 7) is 6.97. The molecule has 2 rings (SSSR count). The summed E-state index contributed by atoms with van der Waals surface area (Å²) in [5, 5.41) is 21.2. The van der Waals surface area contributed by atoms with Crippen LogP contribution in [-0.4, -0.2) is 22.9 Å². The zero-order valence-corrected chi connectivity index (χ0v) is 14.0. The smallest absolute Gasteiger partial charge is 0.0882 e. The Balaban J connectivity index is 2.15. The number of hydrogen-bond donors (Lipinski definition) is 1. The summed E-state index contributed by atoms with van der Waals surface area (Å²) in [6, 6.07) is 2.55. The lowest BCUT2D eigenvalue weighted by molar-refractivity contribution is -0.196. The minimum atomic E-state index is -0.873. The highest BCUT2D eigenvalue weighted by atomic mass is 16.5. The van der Waals surface area contributed by atoms with Crippen LogP contribution in [0.4, 0.5) is 0 Å². The van der Waals surface area contributed by atoms with Crippen LogP contribution in [0.1, 0.15) is 78.6 Å². The molecule has 0 bridgehead atoms. The molecule has 0 radical (unpaired) electrons. The van der Waals surface area contributed by atoms with E-state index in [1.807, 2.05) is 0 Å². The molecule has 1 saturated heterocycles. The molecule has 1 heterocycles. The molecule has 2 fully saturated rings. The molecule has 2 atom stereocenters. The third kappa shape index (κ3) is 3.12. The fraction of sp³-hybridized carbons (Fsp3) is 0.944. The van der Waals surface area contributed by atoms with Crippen LogP contribution in [0.5, 0.6) is 0 Å². The van der Waals surface area contributed by atoms with Crippen molar-refractivity contribution in [2.75, 3.05) is 6.61 Å². The summed E-state index contributed by atoms with van der Waals surface area (Å²) >= 11 is 0. The molecule has 1 aliphatic carbocycles. The second-order valence-corrected chi connectivity index (χ2v) is 7.54. The lowest BCUT2D eigenvalue weighted by Gasteiger charge is -2.52. The Labute approximate surface area is 129 Å². The van der Waals surface area contributed by atoms with E-state index in [1.54, 1.807) is 0 Å². The van der Waals surface area contributed by atoms with Crippen molar-refractivity contribution >= 4 is 0 Å². The van der Waals surface area contributed by atoms with E-state index in [2.05, 4.69) is 26.8 Å². The van der Waals surface area contributed by atoms with Crippen LogP contribution in [0, 0.1) is 22.7 Å². The lowest BCUT2D eigenvalue weighted by atomic mass is 9.57. The number of nitrogens with zero attached hydrogens (tertiary/aromatic N) is 1. The first-order chi connectivity index (χ1) is 9.92. The molecular weight excluding hydrogens is 262 g/mol. The minimum Gasteiger partial charge on any atom is -0.388 e. The van der Waals surface area contributed by atoms with E-state index in [0.29, 0.717) is 19.4 Å². The summed E-state index contributed by atoms with van der Waals surface area (Å²) in [5.41, 5.74) is -1.71. The monoisotopic (exact) mass is 293 g/mol. The van der Waals surface area contributed by atoms with Crippen molar-refractivity contribution in [1.29, 1.82) is 5.26 Å². The van der Waals surface area contributed by atoms with Crippen LogP contribution in [0.15, 0.2) is 0 Å². The fourth-order valence-electron chi connectivity index (χ4n) is 4.41. The molecule has 3 nitrogen and oxygen atoms in total. The van der Waals surface area contributed by atoms with Gasteiger partial charge in [0.05, 0.1) is 29.3 Å². The van der Waals surface area contributed by atoms with Crippen molar-refractivity contribution < 1.29 is 9.84 Å². The lowest BCUT2D eigenvalue weighted by Crippen LogP contribution is -2.57. The third-order valence-corrected chi connectivity index (χ3v) is 6.14. The zero-order valence-electron chi connectivity index (χ0n) is 14.0. The Morgan fingerprint density at radius 1 is 1.24 bits per heavy atom. The summed E-state index contributed by atoms with van der Waals surface area (Å²) in [5.74, 6) is 0.748. The fourth-order valence-corrected chi connectivity index (χ4v) is 4.41. The van der Waals surface area contributed by atoms with Gasteiger partial charge in [0, 0.05) is 12.8 Å². The van der Waals surface area contributed by atoms with Crippen LogP contribution in [0.3, 0.4) is 0 Å². The van der Waals surface area contributed by atoms with E-state index in [0.717, 1.165) is 38.0 Å². The van der Waals surface area contributed by atoms with Gasteiger partial charge in [-0.15, -0.1) is 0 Å². The largest absolute Gasteiger partial charge is 0.388 e. The molecular formula is C18H31NO2. The van der Waals surface area contributed by atoms with Crippen molar-refractivity contribution in [1.82, 2.24) is 0 Å². The number of ether oxygens (including phenoxy) is 1. The van der Waals surface area contributed by atoms with Crippen molar-refractivity contribution in [2.45, 2.75) is 89.8 Å². The molecule has 0 spiro atoms. The second kappa shape index (κ2) is 6.26. The Kier molecular flexibility index (Phi) is 5.00. The van der Waals surface area contributed by atoms with Crippen LogP contribution in [0.25, 0.3) is 0 Å². The van der Waals surface area contributed by atoms with Gasteiger partial charge in [-0.2, -0.15) is 5.26 Å². The SMILES string of the molecule is CCCC1CCC(C#N)(C2(O)CCOC(C)(CC)C2)CC1. The van der Waals surface area contributed by atoms with Gasteiger partial charge >= 0.3 is 0 Å². The molecule has 0 aromatic carbocycles. The number of rotatable bonds is 4. The van der Waals surface area contributed by atoms with Gasteiger partial charge in [0.1, 0.15) is 0 Å². The van der Waals surface area contributed by atoms with Crippen LogP contribution in [-0.2, 0) is 4.74 Å². The molecule has 2 aliphatic rings. The van der Waals surface area contributed by atoms with Gasteiger partial charge < -0.3 is 9.84 Å². The Morgan fingerprint density at radius 2 is 1.90 bits per heavy atom. The van der Waals surface area contributed by atoms with E-state index in [4.69, 9.17) is 4.74 Å². The van der Waals surface area contributed by atoms with Crippen molar-refractivity contribution in [2.24, 2.45) is 11.3 Å². The molecule has 2 unspecified atom stereocenters. The highest BCUT2D eigenvalue weighted by Crippen LogP contribution is 2.53. The maximum Gasteiger partial charge on any atom is 0.0882 e. The predicted octanol–water partition coefficient (Wildman–Crippen LogP) is 4.20. The third-order valence-electron chi connectivity index (χ3n) is 6.14. The second-order valence-electron chi connectivity index (χ2n) is 7.54. The summed E-state index contributed by atoms with van der Waals surface area (Å²) in [6.07, 6.45) is 8.45. The Morgan fingerprint density at radius 3 is 2.43 bits per heavy atom. The van der Waals surface area contributed by atoms with Gasteiger partial charge in [-0.05, 0) is 44.9 Å². The maximum atomic E-state index is 11.3. The summed E-state index contributed by atoms with van der Waals surface area (Å²) in [7, 11) is 0. The number of hydrogen-bond acceptors (Lipinski definition) is 3. The molecule has 120 valence electrons. The Hall–Kier alpha value is -0.590. The van der Waals surface area contributed by atoms with Crippen molar-refractivity contribution in [3.8, 4) is 6.07 Å². The molecule has 1 saturated carbocycles. The van der Waals surface area contributed by atoms with E-state index < -0.39 is 11.0 Å². The molecule has 1 aliphatic heterocycles. The Bertz CT molecular complexity index is 395. The highest BCUT2D eigenvalue weighted by Gasteiger charge is 2.56. The molecule has 0 amide bonds. The van der Waals surface area contributed by atoms with Gasteiger partial charge in [-0.1, -0.05) is 26.7 Å². The van der Waals surface area contributed by atoms with E-state index in [1.165, 1.54) is 12.8 Å². The van der Waals surface area contributed by atoms with Crippen LogP contribution >= 0.6 is 0 Å². The summed E-state index contributed by atoms with van der Waals surface area (Å²) in [4.78, 5) is 0.